The van der Waals surface area contributed by atoms with Gasteiger partial charge in [-0.3, -0.25) is 0 Å². The molecule has 4 rings (SSSR count). The van der Waals surface area contributed by atoms with Crippen LogP contribution in [0.25, 0.3) is 0 Å². The standard InChI is InChI=1S/C23H26FN5/c1-16-11-13-29(14-12-16)19-9-7-18(8-10-19)26-22-15-17(2)25-23(28-22)27-21-6-4-3-5-20(21)24/h3-10,15-16H,11-14H2,1-2H3,(H2,25,26,27,28). The van der Waals surface area contributed by atoms with Gasteiger partial charge in [0.05, 0.1) is 5.69 Å². The molecule has 0 aliphatic carbocycles. The number of hydrogen-bond donors (Lipinski definition) is 2. The first kappa shape index (κ1) is 19.2. The molecule has 1 saturated heterocycles. The minimum Gasteiger partial charge on any atom is -0.372 e. The lowest BCUT2D eigenvalue weighted by Gasteiger charge is -2.32. The zero-order chi connectivity index (χ0) is 20.2. The maximum atomic E-state index is 13.9. The van der Waals surface area contributed by atoms with Crippen LogP contribution in [-0.2, 0) is 0 Å². The number of anilines is 5. The molecule has 0 spiro atoms. The first-order valence-electron chi connectivity index (χ1n) is 10.1. The van der Waals surface area contributed by atoms with E-state index in [0.717, 1.165) is 30.4 Å². The largest absolute Gasteiger partial charge is 0.372 e. The summed E-state index contributed by atoms with van der Waals surface area (Å²) >= 11 is 0. The van der Waals surface area contributed by atoms with E-state index in [1.165, 1.54) is 24.6 Å². The number of aromatic nitrogens is 2. The van der Waals surface area contributed by atoms with E-state index in [4.69, 9.17) is 0 Å². The lowest BCUT2D eigenvalue weighted by molar-refractivity contribution is 0.438. The second-order valence-electron chi connectivity index (χ2n) is 7.66. The van der Waals surface area contributed by atoms with Crippen LogP contribution in [0.3, 0.4) is 0 Å². The highest BCUT2D eigenvalue weighted by Gasteiger charge is 2.15. The fourth-order valence-corrected chi connectivity index (χ4v) is 3.54. The molecular formula is C23H26FN5. The van der Waals surface area contributed by atoms with E-state index < -0.39 is 0 Å². The number of nitrogens with zero attached hydrogens (tertiary/aromatic N) is 3. The van der Waals surface area contributed by atoms with Crippen molar-refractivity contribution in [3.8, 4) is 0 Å². The van der Waals surface area contributed by atoms with Crippen molar-refractivity contribution in [1.29, 1.82) is 0 Å². The summed E-state index contributed by atoms with van der Waals surface area (Å²) in [7, 11) is 0. The molecule has 150 valence electrons. The van der Waals surface area contributed by atoms with Crippen LogP contribution in [0.15, 0.2) is 54.6 Å². The van der Waals surface area contributed by atoms with E-state index in [1.54, 1.807) is 18.2 Å². The maximum absolute atomic E-state index is 13.9. The molecule has 1 aliphatic heterocycles. The fraction of sp³-hybridized carbons (Fsp3) is 0.304. The predicted molar refractivity (Wildman–Crippen MR) is 117 cm³/mol. The number of nitrogens with one attached hydrogen (secondary N) is 2. The van der Waals surface area contributed by atoms with Crippen molar-refractivity contribution in [1.82, 2.24) is 9.97 Å². The van der Waals surface area contributed by atoms with Gasteiger partial charge in [0.15, 0.2) is 0 Å². The van der Waals surface area contributed by atoms with E-state index in [1.807, 2.05) is 13.0 Å². The zero-order valence-corrected chi connectivity index (χ0v) is 16.8. The molecule has 0 saturated carbocycles. The molecular weight excluding hydrogens is 365 g/mol. The average Bonchev–Trinajstić information content (AvgIpc) is 2.71. The summed E-state index contributed by atoms with van der Waals surface area (Å²) in [6, 6.07) is 16.8. The van der Waals surface area contributed by atoms with Crippen molar-refractivity contribution >= 4 is 28.8 Å². The third-order valence-corrected chi connectivity index (χ3v) is 5.26. The van der Waals surface area contributed by atoms with E-state index in [2.05, 4.69) is 56.7 Å². The summed E-state index contributed by atoms with van der Waals surface area (Å²) in [5.41, 5.74) is 3.35. The molecule has 6 heteroatoms. The van der Waals surface area contributed by atoms with Gasteiger partial charge in [-0.1, -0.05) is 19.1 Å². The number of halogens is 1. The highest BCUT2D eigenvalue weighted by atomic mass is 19.1. The Morgan fingerprint density at radius 3 is 2.41 bits per heavy atom. The number of rotatable bonds is 5. The molecule has 0 amide bonds. The molecule has 2 aromatic carbocycles. The predicted octanol–water partition coefficient (Wildman–Crippen LogP) is 5.65. The highest BCUT2D eigenvalue weighted by molar-refractivity contribution is 5.63. The van der Waals surface area contributed by atoms with Gasteiger partial charge in [0.1, 0.15) is 11.6 Å². The smallest absolute Gasteiger partial charge is 0.229 e. The summed E-state index contributed by atoms with van der Waals surface area (Å²) in [5.74, 6) is 1.50. The normalized spacial score (nSPS) is 14.7. The molecule has 1 fully saturated rings. The fourth-order valence-electron chi connectivity index (χ4n) is 3.54. The van der Waals surface area contributed by atoms with Crippen molar-refractivity contribution in [2.24, 2.45) is 5.92 Å². The molecule has 1 aromatic heterocycles. The minimum absolute atomic E-state index is 0.338. The Bertz CT molecular complexity index is 965. The van der Waals surface area contributed by atoms with E-state index >= 15 is 0 Å². The topological polar surface area (TPSA) is 53.1 Å². The van der Waals surface area contributed by atoms with Gasteiger partial charge in [0.2, 0.25) is 5.95 Å². The van der Waals surface area contributed by atoms with Crippen molar-refractivity contribution in [3.05, 3.63) is 66.1 Å². The van der Waals surface area contributed by atoms with Crippen LogP contribution in [0.2, 0.25) is 0 Å². The first-order chi connectivity index (χ1) is 14.1. The van der Waals surface area contributed by atoms with Crippen LogP contribution in [0.5, 0.6) is 0 Å². The van der Waals surface area contributed by atoms with Crippen molar-refractivity contribution in [2.75, 3.05) is 28.6 Å². The second kappa shape index (κ2) is 8.47. The summed E-state index contributed by atoms with van der Waals surface area (Å²) in [4.78, 5) is 11.3. The van der Waals surface area contributed by atoms with Gasteiger partial charge in [-0.2, -0.15) is 4.98 Å². The second-order valence-corrected chi connectivity index (χ2v) is 7.66. The molecule has 1 aliphatic rings. The van der Waals surface area contributed by atoms with Gasteiger partial charge < -0.3 is 15.5 Å². The Balaban J connectivity index is 1.46. The Morgan fingerprint density at radius 2 is 1.69 bits per heavy atom. The molecule has 0 bridgehead atoms. The monoisotopic (exact) mass is 391 g/mol. The van der Waals surface area contributed by atoms with Crippen molar-refractivity contribution < 1.29 is 4.39 Å². The highest BCUT2D eigenvalue weighted by Crippen LogP contribution is 2.26. The van der Waals surface area contributed by atoms with E-state index in [0.29, 0.717) is 17.5 Å². The first-order valence-corrected chi connectivity index (χ1v) is 10.1. The van der Waals surface area contributed by atoms with Crippen LogP contribution >= 0.6 is 0 Å². The van der Waals surface area contributed by atoms with Crippen LogP contribution in [0.1, 0.15) is 25.5 Å². The lowest BCUT2D eigenvalue weighted by atomic mass is 9.99. The van der Waals surface area contributed by atoms with Crippen LogP contribution < -0.4 is 15.5 Å². The summed E-state index contributed by atoms with van der Waals surface area (Å²) < 4.78 is 13.9. The number of aryl methyl sites for hydroxylation is 1. The van der Waals surface area contributed by atoms with Crippen molar-refractivity contribution in [2.45, 2.75) is 26.7 Å². The summed E-state index contributed by atoms with van der Waals surface area (Å²) in [6.45, 7) is 6.44. The molecule has 5 nitrogen and oxygen atoms in total. The number of piperidine rings is 1. The third-order valence-electron chi connectivity index (χ3n) is 5.26. The number of benzene rings is 2. The van der Waals surface area contributed by atoms with Crippen molar-refractivity contribution in [3.63, 3.8) is 0 Å². The maximum Gasteiger partial charge on any atom is 0.229 e. The average molecular weight is 391 g/mol. The van der Waals surface area contributed by atoms with Gasteiger partial charge in [0, 0.05) is 36.2 Å². The lowest BCUT2D eigenvalue weighted by Crippen LogP contribution is -2.32. The molecule has 0 atom stereocenters. The van der Waals surface area contributed by atoms with Gasteiger partial charge in [-0.05, 0) is 62.1 Å². The van der Waals surface area contributed by atoms with Gasteiger partial charge in [0.25, 0.3) is 0 Å². The quantitative estimate of drug-likeness (QED) is 0.589. The van der Waals surface area contributed by atoms with E-state index in [-0.39, 0.29) is 5.82 Å². The van der Waals surface area contributed by atoms with Crippen LogP contribution in [-0.4, -0.2) is 23.1 Å². The molecule has 2 heterocycles. The summed E-state index contributed by atoms with van der Waals surface area (Å²) in [6.07, 6.45) is 2.50. The molecule has 0 unspecified atom stereocenters. The van der Waals surface area contributed by atoms with Crippen LogP contribution in [0, 0.1) is 18.7 Å². The molecule has 3 aromatic rings. The SMILES string of the molecule is Cc1cc(Nc2ccc(N3CCC(C)CC3)cc2)nc(Nc2ccccc2F)n1. The third kappa shape index (κ3) is 4.83. The Kier molecular flexibility index (Phi) is 5.60. The Morgan fingerprint density at radius 1 is 0.966 bits per heavy atom. The summed E-state index contributed by atoms with van der Waals surface area (Å²) in [5, 5.41) is 6.27. The Labute approximate surface area is 171 Å². The molecule has 2 N–H and O–H groups in total. The Hall–Kier alpha value is -3.15. The van der Waals surface area contributed by atoms with Crippen LogP contribution in [0.4, 0.5) is 33.2 Å². The molecule has 0 radical (unpaired) electrons. The van der Waals surface area contributed by atoms with E-state index in [9.17, 15) is 4.39 Å². The molecule has 29 heavy (non-hydrogen) atoms. The van der Waals surface area contributed by atoms with Gasteiger partial charge >= 0.3 is 0 Å². The number of para-hydroxylation sites is 1. The zero-order valence-electron chi connectivity index (χ0n) is 16.8. The number of hydrogen-bond acceptors (Lipinski definition) is 5. The minimum atomic E-state index is -0.338. The van der Waals surface area contributed by atoms with Gasteiger partial charge in [-0.15, -0.1) is 0 Å². The van der Waals surface area contributed by atoms with Gasteiger partial charge in [-0.25, -0.2) is 9.37 Å².